The summed E-state index contributed by atoms with van der Waals surface area (Å²) >= 11 is 0. The van der Waals surface area contributed by atoms with Crippen LogP contribution in [0, 0.1) is 0 Å². The Morgan fingerprint density at radius 3 is 2.83 bits per heavy atom. The van der Waals surface area contributed by atoms with E-state index in [2.05, 4.69) is 15.4 Å². The van der Waals surface area contributed by atoms with E-state index in [-0.39, 0.29) is 18.9 Å². The molecule has 11 heteroatoms. The van der Waals surface area contributed by atoms with Crippen LogP contribution in [0.3, 0.4) is 0 Å². The Bertz CT molecular complexity index is 958. The maximum atomic E-state index is 13.2. The van der Waals surface area contributed by atoms with Gasteiger partial charge in [-0.05, 0) is 25.0 Å². The second-order valence-corrected chi connectivity index (χ2v) is 6.95. The second-order valence-electron chi connectivity index (χ2n) is 6.95. The van der Waals surface area contributed by atoms with Gasteiger partial charge in [-0.25, -0.2) is 9.67 Å². The highest BCUT2D eigenvalue weighted by atomic mass is 19.4. The van der Waals surface area contributed by atoms with Crippen LogP contribution in [0.5, 0.6) is 5.75 Å². The van der Waals surface area contributed by atoms with Crippen LogP contribution >= 0.6 is 0 Å². The van der Waals surface area contributed by atoms with Crippen LogP contribution in [-0.2, 0) is 11.2 Å². The number of hydrogen-bond donors (Lipinski definition) is 1. The molecule has 2 aromatic rings. The summed E-state index contributed by atoms with van der Waals surface area (Å²) in [5.41, 5.74) is 0.554. The van der Waals surface area contributed by atoms with Gasteiger partial charge in [-0.2, -0.15) is 13.2 Å². The third-order valence-corrected chi connectivity index (χ3v) is 5.02. The van der Waals surface area contributed by atoms with E-state index >= 15 is 0 Å². The lowest BCUT2D eigenvalue weighted by molar-refractivity contribution is -0.174. The maximum absolute atomic E-state index is 13.2. The molecule has 0 spiro atoms. The highest BCUT2D eigenvalue weighted by Gasteiger charge is 2.44. The number of hydrogen-bond acceptors (Lipinski definition) is 5. The third-order valence-electron chi connectivity index (χ3n) is 5.02. The number of carbonyl (C=O) groups excluding carboxylic acids is 2. The summed E-state index contributed by atoms with van der Waals surface area (Å²) < 4.78 is 46.0. The van der Waals surface area contributed by atoms with Crippen molar-refractivity contribution in [2.45, 2.75) is 37.5 Å². The normalized spacial score (nSPS) is 21.7. The molecule has 2 aliphatic rings. The van der Waals surface area contributed by atoms with Crippen molar-refractivity contribution in [1.29, 1.82) is 0 Å². The number of para-hydroxylation sites is 2. The van der Waals surface area contributed by atoms with Gasteiger partial charge in [0.2, 0.25) is 5.82 Å². The lowest BCUT2D eigenvalue weighted by Crippen LogP contribution is -2.49. The molecule has 29 heavy (non-hydrogen) atoms. The van der Waals surface area contributed by atoms with E-state index in [0.717, 1.165) is 4.68 Å². The number of aromatic nitrogens is 3. The Hall–Kier alpha value is -3.11. The number of likely N-dealkylation sites (N-methyl/N-ethyl adjacent to an activating group) is 1. The summed E-state index contributed by atoms with van der Waals surface area (Å²) in [5.74, 6) is -1.04. The molecule has 0 saturated heterocycles. The van der Waals surface area contributed by atoms with Gasteiger partial charge in [-0.3, -0.25) is 9.59 Å². The van der Waals surface area contributed by atoms with Gasteiger partial charge >= 0.3 is 6.18 Å². The molecule has 0 unspecified atom stereocenters. The summed E-state index contributed by atoms with van der Waals surface area (Å²) in [5, 5.41) is 6.26. The summed E-state index contributed by atoms with van der Waals surface area (Å²) in [7, 11) is 1.55. The molecule has 1 aromatic heterocycles. The minimum absolute atomic E-state index is 0.108. The fourth-order valence-corrected chi connectivity index (χ4v) is 3.53. The van der Waals surface area contributed by atoms with Crippen molar-refractivity contribution in [3.05, 3.63) is 35.9 Å². The molecule has 0 saturated carbocycles. The molecule has 2 aliphatic heterocycles. The number of alkyl halides is 3. The largest absolute Gasteiger partial charge is 0.489 e. The number of rotatable bonds is 2. The second kappa shape index (κ2) is 7.05. The topological polar surface area (TPSA) is 89.4 Å². The van der Waals surface area contributed by atoms with Crippen LogP contribution in [0.1, 0.15) is 35.3 Å². The Kier molecular flexibility index (Phi) is 4.67. The summed E-state index contributed by atoms with van der Waals surface area (Å²) in [4.78, 5) is 30.6. The third kappa shape index (κ3) is 3.52. The monoisotopic (exact) mass is 409 g/mol. The molecule has 1 aromatic carbocycles. The molecule has 0 bridgehead atoms. The van der Waals surface area contributed by atoms with Crippen molar-refractivity contribution >= 4 is 17.5 Å². The molecular formula is C18H18F3N5O3. The van der Waals surface area contributed by atoms with Crippen molar-refractivity contribution in [2.24, 2.45) is 0 Å². The fraction of sp³-hybridized carbons (Fsp3) is 0.444. The number of fused-ring (bicyclic) bond motifs is 2. The number of nitrogens with zero attached hydrogens (tertiary/aromatic N) is 4. The lowest BCUT2D eigenvalue weighted by atomic mass is 10.1. The first-order valence-electron chi connectivity index (χ1n) is 9.08. The summed E-state index contributed by atoms with van der Waals surface area (Å²) in [6.07, 6.45) is -3.98. The zero-order chi connectivity index (χ0) is 20.8. The average Bonchev–Trinajstić information content (AvgIpc) is 3.09. The van der Waals surface area contributed by atoms with Crippen LogP contribution in [0.25, 0.3) is 0 Å². The van der Waals surface area contributed by atoms with E-state index in [0.29, 0.717) is 24.3 Å². The highest BCUT2D eigenvalue weighted by Crippen LogP contribution is 2.37. The van der Waals surface area contributed by atoms with E-state index in [1.165, 1.54) is 4.90 Å². The van der Waals surface area contributed by atoms with Gasteiger partial charge in [-0.1, -0.05) is 12.1 Å². The predicted octanol–water partition coefficient (Wildman–Crippen LogP) is 1.87. The zero-order valence-corrected chi connectivity index (χ0v) is 15.4. The van der Waals surface area contributed by atoms with Gasteiger partial charge in [-0.15, -0.1) is 5.10 Å². The lowest BCUT2D eigenvalue weighted by Gasteiger charge is -2.25. The number of aryl methyl sites for hydroxylation is 1. The molecule has 2 amide bonds. The van der Waals surface area contributed by atoms with E-state index < -0.39 is 35.9 Å². The Labute approximate surface area is 163 Å². The van der Waals surface area contributed by atoms with E-state index in [4.69, 9.17) is 4.74 Å². The minimum Gasteiger partial charge on any atom is -0.489 e. The highest BCUT2D eigenvalue weighted by molar-refractivity contribution is 6.02. The molecule has 1 N–H and O–H groups in total. The Balaban J connectivity index is 1.53. The van der Waals surface area contributed by atoms with Crippen LogP contribution < -0.4 is 15.0 Å². The molecular weight excluding hydrogens is 391 g/mol. The smallest absolute Gasteiger partial charge is 0.410 e. The Morgan fingerprint density at radius 2 is 2.07 bits per heavy atom. The molecule has 8 nitrogen and oxygen atoms in total. The van der Waals surface area contributed by atoms with Gasteiger partial charge in [0.15, 0.2) is 0 Å². The number of anilines is 1. The standard InChI is InChI=1S/C18H18F3N5O3/c1-25-11-5-2-3-6-12(11)29-9-10(17(25)28)22-16(27)15-23-14-8-4-7-13(18(19,20)21)26(14)24-15/h2-3,5-6,10,13H,4,7-9H2,1H3,(H,22,27)/t10-,13-/m0/s1. The van der Waals surface area contributed by atoms with Crippen molar-refractivity contribution in [2.75, 3.05) is 18.6 Å². The van der Waals surface area contributed by atoms with Gasteiger partial charge < -0.3 is 15.0 Å². The van der Waals surface area contributed by atoms with Crippen LogP contribution in [-0.4, -0.2) is 52.5 Å². The first-order chi connectivity index (χ1) is 13.8. The van der Waals surface area contributed by atoms with E-state index in [1.807, 2.05) is 0 Å². The number of halogens is 3. The van der Waals surface area contributed by atoms with Gasteiger partial charge in [0.25, 0.3) is 11.8 Å². The predicted molar refractivity (Wildman–Crippen MR) is 94.7 cm³/mol. The van der Waals surface area contributed by atoms with E-state index in [9.17, 15) is 22.8 Å². The van der Waals surface area contributed by atoms with Gasteiger partial charge in [0.1, 0.15) is 30.3 Å². The van der Waals surface area contributed by atoms with Crippen molar-refractivity contribution in [3.8, 4) is 5.75 Å². The van der Waals surface area contributed by atoms with Crippen LogP contribution in [0.4, 0.5) is 18.9 Å². The average molecular weight is 409 g/mol. The van der Waals surface area contributed by atoms with Crippen LogP contribution in [0.2, 0.25) is 0 Å². The minimum atomic E-state index is -4.48. The zero-order valence-electron chi connectivity index (χ0n) is 15.4. The summed E-state index contributed by atoms with van der Waals surface area (Å²) in [6.45, 7) is -0.120. The molecule has 2 atom stereocenters. The number of amides is 2. The first-order valence-corrected chi connectivity index (χ1v) is 9.08. The molecule has 154 valence electrons. The number of carbonyl (C=O) groups is 2. The number of nitrogens with one attached hydrogen (secondary N) is 1. The first kappa shape index (κ1) is 19.2. The van der Waals surface area contributed by atoms with E-state index in [1.54, 1.807) is 31.3 Å². The SMILES string of the molecule is CN1C(=O)[C@@H](NC(=O)c2nc3n(n2)[C@H](C(F)(F)F)CCC3)COc2ccccc21. The quantitative estimate of drug-likeness (QED) is 0.818. The molecule has 4 rings (SSSR count). The Morgan fingerprint density at radius 1 is 1.31 bits per heavy atom. The molecule has 3 heterocycles. The van der Waals surface area contributed by atoms with Crippen molar-refractivity contribution in [3.63, 3.8) is 0 Å². The van der Waals surface area contributed by atoms with Gasteiger partial charge in [0.05, 0.1) is 5.69 Å². The number of ether oxygens (including phenoxy) is 1. The fourth-order valence-electron chi connectivity index (χ4n) is 3.53. The van der Waals surface area contributed by atoms with Crippen molar-refractivity contribution < 1.29 is 27.5 Å². The molecule has 0 fully saturated rings. The van der Waals surface area contributed by atoms with Crippen molar-refractivity contribution in [1.82, 2.24) is 20.1 Å². The maximum Gasteiger partial charge on any atom is 0.410 e. The number of benzene rings is 1. The molecule has 0 aliphatic carbocycles. The summed E-state index contributed by atoms with van der Waals surface area (Å²) in [6, 6.07) is 4.09. The molecule has 0 radical (unpaired) electrons. The van der Waals surface area contributed by atoms with Crippen LogP contribution in [0.15, 0.2) is 24.3 Å². The van der Waals surface area contributed by atoms with Gasteiger partial charge in [0, 0.05) is 13.5 Å².